The van der Waals surface area contributed by atoms with Gasteiger partial charge in [0, 0.05) is 0 Å². The van der Waals surface area contributed by atoms with Crippen LogP contribution in [-0.4, -0.2) is 87.6 Å². The summed E-state index contributed by atoms with van der Waals surface area (Å²) in [4.78, 5) is 16.8. The van der Waals surface area contributed by atoms with Crippen molar-refractivity contribution in [2.45, 2.75) is 203 Å². The average molecular weight is 1370 g/mol. The third kappa shape index (κ3) is 16.7. The van der Waals surface area contributed by atoms with E-state index in [-0.39, 0.29) is 11.7 Å². The SMILES string of the molecule is CCCCCCCCCCCCOC1=C(c2ccc(C3=CC(F)=C(c4cc[c]([SnH]([CH3])[CH3])s4)C(N)C3N)s2)C(N)C(N)C(c2ccc(C3=CC(F)=C(c4cc[c]([Sn]([CH3])([CH3])[CH3])s4)C(N)C3N)s2)=C1OCCCCCCCCCCCC. The quantitative estimate of drug-likeness (QED) is 0.0207. The number of hydrogen-bond donors (Lipinski definition) is 6. The number of thiophene rings is 4. The van der Waals surface area contributed by atoms with E-state index in [1.54, 1.807) is 34.8 Å². The topological polar surface area (TPSA) is 175 Å². The Kier molecular flexibility index (Phi) is 25.6. The zero-order chi connectivity index (χ0) is 56.8. The number of halogens is 2. The molecule has 0 fully saturated rings. The van der Waals surface area contributed by atoms with Crippen molar-refractivity contribution in [2.75, 3.05) is 13.2 Å². The van der Waals surface area contributed by atoms with Gasteiger partial charge in [0.15, 0.2) is 0 Å². The molecule has 4 heterocycles. The van der Waals surface area contributed by atoms with E-state index in [0.717, 1.165) is 78.9 Å². The normalized spacial score (nSPS) is 21.3. The van der Waals surface area contributed by atoms with E-state index in [2.05, 4.69) is 50.7 Å². The Bertz CT molecular complexity index is 2810. The second kappa shape index (κ2) is 31.3. The van der Waals surface area contributed by atoms with E-state index < -0.39 is 74.4 Å². The molecule has 6 unspecified atom stereocenters. The van der Waals surface area contributed by atoms with Gasteiger partial charge < -0.3 is 20.9 Å². The van der Waals surface area contributed by atoms with Gasteiger partial charge in [0.25, 0.3) is 0 Å². The standard InChI is InChI=1S/C58H78F2N6O2S4.5CH3.2Sn.H/c1-3-5-7-9-11-13-15-17-19-21-31-67-57-49(45-29-27-41(71-45)37-35-39(59)47(53(63)51(37)61)43-25-23-33-69-43)55(65)56(66)50(58(57)68-32-22-20-18-16-14-12-10-8-6-4-2)46-30-28-42(72-46)38-36-40(60)48(54(64)52(38)62)44-26-24-34-70-44;;;;;;;;/h23-30,35-36,51-56H,3-22,31-32,61-66H2,1-2H3;5*1H3;;;. The number of ether oxygens (including phenoxy) is 2. The molecule has 0 saturated carbocycles. The molecule has 0 aliphatic heterocycles. The van der Waals surface area contributed by atoms with Gasteiger partial charge in [-0.05, 0) is 12.8 Å². The summed E-state index contributed by atoms with van der Waals surface area (Å²) in [7, 11) is 0. The van der Waals surface area contributed by atoms with Crippen molar-refractivity contribution in [1.82, 2.24) is 0 Å². The van der Waals surface area contributed by atoms with Crippen LogP contribution < -0.4 is 40.2 Å². The van der Waals surface area contributed by atoms with Gasteiger partial charge in [-0.2, -0.15) is 0 Å². The molecule has 79 heavy (non-hydrogen) atoms. The summed E-state index contributed by atoms with van der Waals surface area (Å²) in [6, 6.07) is 12.2. The van der Waals surface area contributed by atoms with Crippen molar-refractivity contribution >= 4 is 123 Å². The first-order valence-corrected chi connectivity index (χ1v) is 51.4. The van der Waals surface area contributed by atoms with Gasteiger partial charge in [0.2, 0.25) is 0 Å². The monoisotopic (exact) mass is 1370 g/mol. The van der Waals surface area contributed by atoms with Crippen LogP contribution in [0.2, 0.25) is 24.7 Å². The van der Waals surface area contributed by atoms with E-state index in [0.29, 0.717) is 47.0 Å². The second-order valence-electron chi connectivity index (χ2n) is 23.5. The molecular formula is C63H94F2N6O2S4Sn2. The maximum absolute atomic E-state index is 16.5. The molecule has 434 valence electrons. The molecule has 7 rings (SSSR count). The number of hydrogen-bond acceptors (Lipinski definition) is 12. The molecule has 3 aliphatic rings. The van der Waals surface area contributed by atoms with Crippen molar-refractivity contribution in [1.29, 1.82) is 0 Å². The van der Waals surface area contributed by atoms with E-state index >= 15 is 8.78 Å². The van der Waals surface area contributed by atoms with Gasteiger partial charge in [-0.1, -0.05) is 129 Å². The minimum atomic E-state index is -2.40. The Morgan fingerprint density at radius 2 is 0.747 bits per heavy atom. The maximum atomic E-state index is 16.5. The van der Waals surface area contributed by atoms with Crippen molar-refractivity contribution in [2.24, 2.45) is 34.4 Å². The van der Waals surface area contributed by atoms with Crippen LogP contribution in [0.1, 0.15) is 172 Å². The molecular weight excluding hydrogens is 1280 g/mol. The van der Waals surface area contributed by atoms with Crippen molar-refractivity contribution in [3.05, 3.63) is 113 Å². The minimum Gasteiger partial charge on any atom is -0.489 e. The Balaban J connectivity index is 1.25. The molecule has 0 radical (unpaired) electrons. The van der Waals surface area contributed by atoms with Gasteiger partial charge in [0.1, 0.15) is 0 Å². The van der Waals surface area contributed by atoms with Gasteiger partial charge in [-0.25, -0.2) is 0 Å². The van der Waals surface area contributed by atoms with Crippen LogP contribution in [0.4, 0.5) is 8.78 Å². The zero-order valence-electron chi connectivity index (χ0n) is 48.5. The molecule has 12 N–H and O–H groups in total. The Hall–Kier alpha value is -1.94. The molecule has 0 amide bonds. The molecule has 3 aliphatic carbocycles. The van der Waals surface area contributed by atoms with E-state index in [4.69, 9.17) is 43.9 Å². The smallest absolute Gasteiger partial charge is 0.489 e. The summed E-state index contributed by atoms with van der Waals surface area (Å²) in [5.74, 6) is 0.458. The van der Waals surface area contributed by atoms with Crippen LogP contribution in [-0.2, 0) is 9.47 Å². The molecule has 0 saturated heterocycles. The number of nitrogens with two attached hydrogens (primary N) is 6. The fraction of sp³-hybridized carbons (Fsp3) is 0.556. The first kappa shape index (κ1) is 64.6. The van der Waals surface area contributed by atoms with E-state index in [1.807, 2.05) is 36.4 Å². The molecule has 0 aromatic carbocycles. The molecule has 4 aromatic heterocycles. The van der Waals surface area contributed by atoms with Gasteiger partial charge >= 0.3 is 328 Å². The summed E-state index contributed by atoms with van der Waals surface area (Å²) in [5, 5.41) is 0. The summed E-state index contributed by atoms with van der Waals surface area (Å²) in [6.45, 7) is 5.46. The summed E-state index contributed by atoms with van der Waals surface area (Å²) in [5.41, 5.74) is 46.3. The number of allylic oxidation sites excluding steroid dienone is 4. The van der Waals surface area contributed by atoms with E-state index in [9.17, 15) is 0 Å². The van der Waals surface area contributed by atoms with Crippen LogP contribution >= 0.6 is 45.3 Å². The summed E-state index contributed by atoms with van der Waals surface area (Å²) in [6.07, 6.45) is 27.2. The molecule has 4 aromatic rings. The van der Waals surface area contributed by atoms with Crippen molar-refractivity contribution in [3.8, 4) is 0 Å². The van der Waals surface area contributed by atoms with Gasteiger partial charge in [-0.3, -0.25) is 0 Å². The Morgan fingerprint density at radius 1 is 0.418 bits per heavy atom. The Morgan fingerprint density at radius 3 is 1.11 bits per heavy atom. The van der Waals surface area contributed by atoms with Crippen molar-refractivity contribution in [3.63, 3.8) is 0 Å². The minimum absolute atomic E-state index is 0.349. The fourth-order valence-electron chi connectivity index (χ4n) is 11.0. The average Bonchev–Trinajstić information content (AvgIpc) is 4.34. The first-order chi connectivity index (χ1) is 38.0. The number of rotatable bonds is 32. The van der Waals surface area contributed by atoms with Crippen LogP contribution in [0.15, 0.2) is 83.9 Å². The summed E-state index contributed by atoms with van der Waals surface area (Å²) >= 11 is 2.11. The molecule has 6 atom stereocenters. The Labute approximate surface area is 500 Å². The first-order valence-electron chi connectivity index (χ1n) is 29.9. The molecule has 16 heteroatoms. The van der Waals surface area contributed by atoms with E-state index in [1.165, 1.54) is 118 Å². The van der Waals surface area contributed by atoms with Crippen molar-refractivity contribution < 1.29 is 18.3 Å². The third-order valence-corrected chi connectivity index (χ3v) is 37.7. The molecule has 0 spiro atoms. The zero-order valence-corrected chi connectivity index (χ0v) is 58.0. The second-order valence-corrected chi connectivity index (χ2v) is 52.9. The van der Waals surface area contributed by atoms with Crippen LogP contribution in [0, 0.1) is 0 Å². The number of unbranched alkanes of at least 4 members (excludes halogenated alkanes) is 18. The third-order valence-electron chi connectivity index (χ3n) is 15.9. The summed E-state index contributed by atoms with van der Waals surface area (Å²) < 4.78 is 49.7. The fourth-order valence-corrected chi connectivity index (χ4v) is 25.3. The van der Waals surface area contributed by atoms with Crippen LogP contribution in [0.3, 0.4) is 0 Å². The predicted molar refractivity (Wildman–Crippen MR) is 348 cm³/mol. The molecule has 0 bridgehead atoms. The van der Waals surface area contributed by atoms with Gasteiger partial charge in [-0.15, -0.1) is 0 Å². The predicted octanol–water partition coefficient (Wildman–Crippen LogP) is 14.7. The van der Waals surface area contributed by atoms with Gasteiger partial charge in [0.05, 0.1) is 13.2 Å². The van der Waals surface area contributed by atoms with Crippen LogP contribution in [0.5, 0.6) is 0 Å². The molecule has 8 nitrogen and oxygen atoms in total. The van der Waals surface area contributed by atoms with Crippen LogP contribution in [0.25, 0.3) is 33.4 Å².